The first-order valence-electron chi connectivity index (χ1n) is 10.9. The molecule has 0 aliphatic carbocycles. The third-order valence-electron chi connectivity index (χ3n) is 5.65. The molecule has 0 spiro atoms. The quantitative estimate of drug-likeness (QED) is 0.640. The molecule has 2 atom stereocenters. The van der Waals surface area contributed by atoms with Crippen molar-refractivity contribution in [1.82, 2.24) is 0 Å². The average molecular weight is 429 g/mol. The highest BCUT2D eigenvalue weighted by Crippen LogP contribution is 2.27. The van der Waals surface area contributed by atoms with Crippen LogP contribution < -0.4 is 24.6 Å². The van der Waals surface area contributed by atoms with Crippen LogP contribution in [-0.4, -0.2) is 59.0 Å². The number of nitrogens with one attached hydrogen (secondary N) is 2. The number of carbonyl (C=O) groups excluding carboxylic acids is 1. The zero-order chi connectivity index (χ0) is 22.2. The lowest BCUT2D eigenvalue weighted by Crippen LogP contribution is -3.12. The molecule has 7 heteroatoms. The molecule has 0 radical (unpaired) electrons. The summed E-state index contributed by atoms with van der Waals surface area (Å²) in [6, 6.07) is 13.7. The fraction of sp³-hybridized carbons (Fsp3) is 0.458. The molecular weight excluding hydrogens is 394 g/mol. The summed E-state index contributed by atoms with van der Waals surface area (Å²) >= 11 is 0. The first-order valence-corrected chi connectivity index (χ1v) is 10.9. The summed E-state index contributed by atoms with van der Waals surface area (Å²) in [5, 5.41) is 3.04. The Morgan fingerprint density at radius 1 is 1.16 bits per heavy atom. The fourth-order valence-electron chi connectivity index (χ4n) is 3.62. The second-order valence-electron chi connectivity index (χ2n) is 7.80. The first-order chi connectivity index (χ1) is 15.0. The van der Waals surface area contributed by atoms with Gasteiger partial charge in [-0.05, 0) is 56.3 Å². The van der Waals surface area contributed by atoms with Gasteiger partial charge in [-0.25, -0.2) is 0 Å². The first kappa shape index (κ1) is 22.9. The zero-order valence-corrected chi connectivity index (χ0v) is 18.9. The van der Waals surface area contributed by atoms with Crippen molar-refractivity contribution < 1.29 is 23.9 Å². The summed E-state index contributed by atoms with van der Waals surface area (Å²) in [5.41, 5.74) is 3.05. The van der Waals surface area contributed by atoms with Gasteiger partial charge >= 0.3 is 0 Å². The summed E-state index contributed by atoms with van der Waals surface area (Å²) in [7, 11) is 3.66. The number of nitrogens with zero attached hydrogens (tertiary/aromatic N) is 1. The van der Waals surface area contributed by atoms with E-state index < -0.39 is 0 Å². The topological polar surface area (TPSA) is 64.5 Å². The van der Waals surface area contributed by atoms with Crippen LogP contribution in [0.25, 0.3) is 0 Å². The van der Waals surface area contributed by atoms with Crippen molar-refractivity contribution in [3.8, 4) is 11.5 Å². The highest BCUT2D eigenvalue weighted by atomic mass is 16.5. The van der Waals surface area contributed by atoms with Gasteiger partial charge in [-0.3, -0.25) is 4.79 Å². The Bertz CT molecular complexity index is 850. The summed E-state index contributed by atoms with van der Waals surface area (Å²) in [6.45, 7) is 8.48. The molecule has 31 heavy (non-hydrogen) atoms. The number of hydrogen-bond donors (Lipinski definition) is 2. The summed E-state index contributed by atoms with van der Waals surface area (Å²) in [6.07, 6.45) is 0. The molecule has 1 aliphatic heterocycles. The standard InChI is InChI=1S/C24H33N3O4/c1-5-31-22-11-6-19(16-23(22)29-4)17-26(3)18(2)24(28)25-20-7-9-21(10-8-20)27-12-14-30-15-13-27/h6-11,16,18H,5,12-15,17H2,1-4H3,(H,25,28)/p+1/t18-/m1/s1. The van der Waals surface area contributed by atoms with Crippen LogP contribution in [-0.2, 0) is 16.1 Å². The van der Waals surface area contributed by atoms with Crippen molar-refractivity contribution in [2.45, 2.75) is 26.4 Å². The van der Waals surface area contributed by atoms with Gasteiger partial charge in [0.15, 0.2) is 17.5 Å². The molecule has 2 aromatic carbocycles. The van der Waals surface area contributed by atoms with E-state index in [1.54, 1.807) is 7.11 Å². The Hall–Kier alpha value is -2.77. The van der Waals surface area contributed by atoms with Gasteiger partial charge in [0.25, 0.3) is 5.91 Å². The monoisotopic (exact) mass is 428 g/mol. The zero-order valence-electron chi connectivity index (χ0n) is 18.9. The number of hydrogen-bond acceptors (Lipinski definition) is 5. The summed E-state index contributed by atoms with van der Waals surface area (Å²) in [4.78, 5) is 16.2. The van der Waals surface area contributed by atoms with Gasteiger partial charge in [0.05, 0.1) is 34.0 Å². The van der Waals surface area contributed by atoms with Crippen molar-refractivity contribution in [3.05, 3.63) is 48.0 Å². The molecule has 1 aliphatic rings. The normalized spacial score (nSPS) is 15.8. The van der Waals surface area contributed by atoms with E-state index in [4.69, 9.17) is 14.2 Å². The third kappa shape index (κ3) is 6.12. The molecule has 0 saturated carbocycles. The molecule has 1 unspecified atom stereocenters. The van der Waals surface area contributed by atoms with E-state index in [0.717, 1.165) is 53.9 Å². The summed E-state index contributed by atoms with van der Waals surface area (Å²) < 4.78 is 16.4. The van der Waals surface area contributed by atoms with Gasteiger partial charge < -0.3 is 29.3 Å². The molecule has 0 aromatic heterocycles. The van der Waals surface area contributed by atoms with E-state index in [1.165, 1.54) is 0 Å². The number of carbonyl (C=O) groups is 1. The Labute approximate surface area is 184 Å². The number of methoxy groups -OCH3 is 1. The maximum Gasteiger partial charge on any atom is 0.282 e. The van der Waals surface area contributed by atoms with Crippen LogP contribution in [0.3, 0.4) is 0 Å². The molecule has 1 saturated heterocycles. The number of quaternary nitrogens is 1. The fourth-order valence-corrected chi connectivity index (χ4v) is 3.62. The lowest BCUT2D eigenvalue weighted by molar-refractivity contribution is -0.907. The molecule has 168 valence electrons. The molecule has 0 bridgehead atoms. The maximum atomic E-state index is 12.8. The number of benzene rings is 2. The van der Waals surface area contributed by atoms with Crippen LogP contribution in [0.1, 0.15) is 19.4 Å². The highest BCUT2D eigenvalue weighted by molar-refractivity contribution is 5.93. The van der Waals surface area contributed by atoms with Crippen molar-refractivity contribution in [2.75, 3.05) is 57.3 Å². The SMILES string of the molecule is CCOc1ccc(C[NH+](C)[C@H](C)C(=O)Nc2ccc(N3CCOCC3)cc2)cc1OC. The van der Waals surface area contributed by atoms with Gasteiger partial charge in [-0.15, -0.1) is 0 Å². The van der Waals surface area contributed by atoms with E-state index in [2.05, 4.69) is 10.2 Å². The van der Waals surface area contributed by atoms with Crippen molar-refractivity contribution >= 4 is 17.3 Å². The minimum absolute atomic E-state index is 0.00507. The maximum absolute atomic E-state index is 12.8. The number of anilines is 2. The lowest BCUT2D eigenvalue weighted by Gasteiger charge is -2.29. The predicted molar refractivity (Wildman–Crippen MR) is 122 cm³/mol. The van der Waals surface area contributed by atoms with Crippen LogP contribution in [0, 0.1) is 0 Å². The Kier molecular flexibility index (Phi) is 8.14. The van der Waals surface area contributed by atoms with Crippen molar-refractivity contribution in [1.29, 1.82) is 0 Å². The highest BCUT2D eigenvalue weighted by Gasteiger charge is 2.23. The third-order valence-corrected chi connectivity index (χ3v) is 5.65. The second kappa shape index (κ2) is 11.0. The predicted octanol–water partition coefficient (Wildman–Crippen LogP) is 1.97. The summed E-state index contributed by atoms with van der Waals surface area (Å²) in [5.74, 6) is 1.44. The number of morpholine rings is 1. The Morgan fingerprint density at radius 3 is 2.52 bits per heavy atom. The van der Waals surface area contributed by atoms with Crippen LogP contribution in [0.4, 0.5) is 11.4 Å². The second-order valence-corrected chi connectivity index (χ2v) is 7.80. The van der Waals surface area contributed by atoms with Gasteiger partial charge in [-0.1, -0.05) is 0 Å². The molecular formula is C24H34N3O4+. The molecule has 1 fully saturated rings. The van der Waals surface area contributed by atoms with Gasteiger partial charge in [0.1, 0.15) is 6.54 Å². The van der Waals surface area contributed by atoms with Crippen LogP contribution in [0.2, 0.25) is 0 Å². The molecule has 1 amide bonds. The minimum Gasteiger partial charge on any atom is -0.493 e. The van der Waals surface area contributed by atoms with Crippen molar-refractivity contribution in [3.63, 3.8) is 0 Å². The number of rotatable bonds is 9. The molecule has 1 heterocycles. The van der Waals surface area contributed by atoms with Gasteiger partial charge in [-0.2, -0.15) is 0 Å². The lowest BCUT2D eigenvalue weighted by atomic mass is 10.1. The van der Waals surface area contributed by atoms with Crippen LogP contribution in [0.5, 0.6) is 11.5 Å². The molecule has 2 N–H and O–H groups in total. The van der Waals surface area contributed by atoms with E-state index in [0.29, 0.717) is 18.9 Å². The van der Waals surface area contributed by atoms with E-state index in [1.807, 2.05) is 63.4 Å². The smallest absolute Gasteiger partial charge is 0.282 e. The average Bonchev–Trinajstić information content (AvgIpc) is 2.80. The largest absolute Gasteiger partial charge is 0.493 e. The molecule has 7 nitrogen and oxygen atoms in total. The van der Waals surface area contributed by atoms with Gasteiger partial charge in [0.2, 0.25) is 0 Å². The number of ether oxygens (including phenoxy) is 3. The van der Waals surface area contributed by atoms with E-state index in [-0.39, 0.29) is 11.9 Å². The van der Waals surface area contributed by atoms with Gasteiger partial charge in [0, 0.05) is 30.0 Å². The Morgan fingerprint density at radius 2 is 1.87 bits per heavy atom. The van der Waals surface area contributed by atoms with E-state index in [9.17, 15) is 4.79 Å². The number of likely N-dealkylation sites (N-methyl/N-ethyl adjacent to an activating group) is 1. The van der Waals surface area contributed by atoms with Crippen LogP contribution >= 0.6 is 0 Å². The van der Waals surface area contributed by atoms with E-state index >= 15 is 0 Å². The minimum atomic E-state index is -0.212. The Balaban J connectivity index is 1.56. The van der Waals surface area contributed by atoms with Crippen molar-refractivity contribution in [2.24, 2.45) is 0 Å². The molecule has 3 rings (SSSR count). The van der Waals surface area contributed by atoms with Crippen LogP contribution in [0.15, 0.2) is 42.5 Å². The molecule has 2 aromatic rings. The number of amides is 1.